The molecular formula is C16H20FN3. The Labute approximate surface area is 119 Å². The second kappa shape index (κ2) is 6.01. The molecule has 0 spiro atoms. The molecule has 0 aliphatic heterocycles. The Morgan fingerprint density at radius 3 is 2.40 bits per heavy atom. The monoisotopic (exact) mass is 273 g/mol. The van der Waals surface area contributed by atoms with Gasteiger partial charge in [0.2, 0.25) is 0 Å². The maximum Gasteiger partial charge on any atom is 0.128 e. The second-order valence-corrected chi connectivity index (χ2v) is 5.05. The average Bonchev–Trinajstić information content (AvgIpc) is 2.46. The Bertz CT molecular complexity index is 566. The van der Waals surface area contributed by atoms with E-state index in [-0.39, 0.29) is 17.9 Å². The summed E-state index contributed by atoms with van der Waals surface area (Å²) in [6.07, 6.45) is 1.77. The van der Waals surface area contributed by atoms with Gasteiger partial charge < -0.3 is 10.6 Å². The quantitative estimate of drug-likeness (QED) is 0.928. The third-order valence-electron chi connectivity index (χ3n) is 3.59. The highest BCUT2D eigenvalue weighted by Crippen LogP contribution is 2.26. The van der Waals surface area contributed by atoms with Crippen LogP contribution in [0.1, 0.15) is 37.1 Å². The number of anilines is 1. The van der Waals surface area contributed by atoms with Crippen molar-refractivity contribution in [1.29, 1.82) is 0 Å². The Hall–Kier alpha value is -1.94. The highest BCUT2D eigenvalue weighted by Gasteiger charge is 2.16. The number of pyridine rings is 1. The van der Waals surface area contributed by atoms with Gasteiger partial charge in [-0.1, -0.05) is 24.3 Å². The lowest BCUT2D eigenvalue weighted by molar-refractivity contribution is 0.584. The van der Waals surface area contributed by atoms with Crippen LogP contribution in [0.3, 0.4) is 0 Å². The van der Waals surface area contributed by atoms with E-state index in [0.29, 0.717) is 5.56 Å². The molecule has 1 aromatic heterocycles. The van der Waals surface area contributed by atoms with Crippen molar-refractivity contribution < 1.29 is 4.39 Å². The summed E-state index contributed by atoms with van der Waals surface area (Å²) in [5.41, 5.74) is 7.45. The Morgan fingerprint density at radius 1 is 1.15 bits per heavy atom. The molecule has 1 aromatic carbocycles. The van der Waals surface area contributed by atoms with Crippen LogP contribution in [0.25, 0.3) is 0 Å². The van der Waals surface area contributed by atoms with Crippen LogP contribution >= 0.6 is 0 Å². The van der Waals surface area contributed by atoms with Crippen LogP contribution in [0, 0.1) is 5.82 Å². The molecule has 0 fully saturated rings. The first-order valence-corrected chi connectivity index (χ1v) is 6.69. The molecule has 2 atom stereocenters. The molecule has 106 valence electrons. The van der Waals surface area contributed by atoms with Crippen molar-refractivity contribution in [3.8, 4) is 0 Å². The number of hydrogen-bond donors (Lipinski definition) is 1. The molecule has 0 amide bonds. The van der Waals surface area contributed by atoms with Gasteiger partial charge in [0.05, 0.1) is 6.04 Å². The van der Waals surface area contributed by atoms with E-state index in [1.807, 2.05) is 44.0 Å². The summed E-state index contributed by atoms with van der Waals surface area (Å²) in [6.45, 7) is 3.88. The van der Waals surface area contributed by atoms with Crippen LogP contribution in [0.4, 0.5) is 10.2 Å². The normalized spacial score (nSPS) is 13.8. The fourth-order valence-electron chi connectivity index (χ4n) is 2.10. The number of halogens is 1. The third kappa shape index (κ3) is 2.96. The van der Waals surface area contributed by atoms with Gasteiger partial charge in [-0.3, -0.25) is 0 Å². The van der Waals surface area contributed by atoms with E-state index >= 15 is 0 Å². The smallest absolute Gasteiger partial charge is 0.128 e. The van der Waals surface area contributed by atoms with Gasteiger partial charge in [-0.15, -0.1) is 0 Å². The number of benzene rings is 1. The molecule has 0 saturated heterocycles. The van der Waals surface area contributed by atoms with E-state index in [4.69, 9.17) is 5.73 Å². The minimum atomic E-state index is -0.195. The van der Waals surface area contributed by atoms with Crippen LogP contribution in [-0.4, -0.2) is 12.0 Å². The van der Waals surface area contributed by atoms with Crippen molar-refractivity contribution >= 4 is 5.82 Å². The minimum Gasteiger partial charge on any atom is -0.353 e. The molecule has 2 rings (SSSR count). The molecule has 2 aromatic rings. The number of hydrogen-bond acceptors (Lipinski definition) is 3. The standard InChI is InChI=1S/C16H20FN3/c1-11(18)13-8-9-16(19-10-13)20(3)12(2)14-6-4-5-7-15(14)17/h4-12H,18H2,1-3H3. The van der Waals surface area contributed by atoms with E-state index in [0.717, 1.165) is 11.4 Å². The molecule has 3 nitrogen and oxygen atoms in total. The van der Waals surface area contributed by atoms with Gasteiger partial charge in [-0.2, -0.15) is 0 Å². The summed E-state index contributed by atoms with van der Waals surface area (Å²) >= 11 is 0. The fraction of sp³-hybridized carbons (Fsp3) is 0.312. The van der Waals surface area contributed by atoms with Gasteiger partial charge in [-0.05, 0) is 31.5 Å². The first-order chi connectivity index (χ1) is 9.50. The molecule has 0 saturated carbocycles. The predicted molar refractivity (Wildman–Crippen MR) is 80.1 cm³/mol. The molecule has 2 unspecified atom stereocenters. The molecule has 4 heteroatoms. The van der Waals surface area contributed by atoms with E-state index in [9.17, 15) is 4.39 Å². The van der Waals surface area contributed by atoms with Crippen LogP contribution in [0.2, 0.25) is 0 Å². The predicted octanol–water partition coefficient (Wildman–Crippen LogP) is 3.44. The van der Waals surface area contributed by atoms with E-state index < -0.39 is 0 Å². The molecule has 0 radical (unpaired) electrons. The maximum atomic E-state index is 13.8. The molecule has 1 heterocycles. The van der Waals surface area contributed by atoms with Gasteiger partial charge >= 0.3 is 0 Å². The maximum absolute atomic E-state index is 13.8. The zero-order valence-electron chi connectivity index (χ0n) is 12.0. The van der Waals surface area contributed by atoms with Crippen LogP contribution < -0.4 is 10.6 Å². The SMILES string of the molecule is CC(N)c1ccc(N(C)C(C)c2ccccc2F)nc1. The first kappa shape index (κ1) is 14.5. The highest BCUT2D eigenvalue weighted by atomic mass is 19.1. The molecule has 0 aliphatic rings. The van der Waals surface area contributed by atoms with Crippen molar-refractivity contribution in [2.45, 2.75) is 25.9 Å². The number of nitrogens with zero attached hydrogens (tertiary/aromatic N) is 2. The van der Waals surface area contributed by atoms with Gasteiger partial charge in [0, 0.05) is 24.8 Å². The van der Waals surface area contributed by atoms with Crippen molar-refractivity contribution in [2.75, 3.05) is 11.9 Å². The molecule has 20 heavy (non-hydrogen) atoms. The lowest BCUT2D eigenvalue weighted by atomic mass is 10.1. The minimum absolute atomic E-state index is 0.0363. The number of rotatable bonds is 4. The first-order valence-electron chi connectivity index (χ1n) is 6.69. The summed E-state index contributed by atoms with van der Waals surface area (Å²) in [5.74, 6) is 0.601. The van der Waals surface area contributed by atoms with Gasteiger partial charge in [-0.25, -0.2) is 9.37 Å². The molecule has 0 bridgehead atoms. The summed E-state index contributed by atoms with van der Waals surface area (Å²) < 4.78 is 13.8. The Morgan fingerprint density at radius 2 is 1.85 bits per heavy atom. The van der Waals surface area contributed by atoms with Crippen molar-refractivity contribution in [3.05, 3.63) is 59.5 Å². The van der Waals surface area contributed by atoms with Crippen LogP contribution in [-0.2, 0) is 0 Å². The Kier molecular flexibility index (Phi) is 4.35. The lowest BCUT2D eigenvalue weighted by Gasteiger charge is -2.26. The molecular weight excluding hydrogens is 253 g/mol. The summed E-state index contributed by atoms with van der Waals surface area (Å²) in [6, 6.07) is 10.6. The second-order valence-electron chi connectivity index (χ2n) is 5.05. The van der Waals surface area contributed by atoms with Crippen molar-refractivity contribution in [2.24, 2.45) is 5.73 Å². The highest BCUT2D eigenvalue weighted by molar-refractivity contribution is 5.42. The number of aromatic nitrogens is 1. The third-order valence-corrected chi connectivity index (χ3v) is 3.59. The molecule has 2 N–H and O–H groups in total. The van der Waals surface area contributed by atoms with E-state index in [2.05, 4.69) is 4.98 Å². The van der Waals surface area contributed by atoms with Crippen molar-refractivity contribution in [1.82, 2.24) is 4.98 Å². The van der Waals surface area contributed by atoms with Gasteiger partial charge in [0.25, 0.3) is 0 Å². The molecule has 0 aliphatic carbocycles. The Balaban J connectivity index is 2.22. The van der Waals surface area contributed by atoms with Gasteiger partial charge in [0.15, 0.2) is 0 Å². The average molecular weight is 273 g/mol. The zero-order valence-corrected chi connectivity index (χ0v) is 12.0. The van der Waals surface area contributed by atoms with E-state index in [1.165, 1.54) is 6.07 Å². The zero-order chi connectivity index (χ0) is 14.7. The summed E-state index contributed by atoms with van der Waals surface area (Å²) in [4.78, 5) is 6.35. The largest absolute Gasteiger partial charge is 0.353 e. The van der Waals surface area contributed by atoms with Crippen LogP contribution in [0.5, 0.6) is 0 Å². The van der Waals surface area contributed by atoms with Gasteiger partial charge in [0.1, 0.15) is 11.6 Å². The topological polar surface area (TPSA) is 42.1 Å². The van der Waals surface area contributed by atoms with Crippen LogP contribution in [0.15, 0.2) is 42.6 Å². The number of nitrogens with two attached hydrogens (primary N) is 1. The summed E-state index contributed by atoms with van der Waals surface area (Å²) in [7, 11) is 1.91. The van der Waals surface area contributed by atoms with E-state index in [1.54, 1.807) is 18.3 Å². The van der Waals surface area contributed by atoms with Crippen molar-refractivity contribution in [3.63, 3.8) is 0 Å². The summed E-state index contributed by atoms with van der Waals surface area (Å²) in [5, 5.41) is 0. The lowest BCUT2D eigenvalue weighted by Crippen LogP contribution is -2.23. The fourth-order valence-corrected chi connectivity index (χ4v) is 2.10.